The van der Waals surface area contributed by atoms with Crippen molar-refractivity contribution in [1.29, 1.82) is 5.41 Å². The number of hydrogen-bond donors (Lipinski definition) is 4. The summed E-state index contributed by atoms with van der Waals surface area (Å²) >= 11 is 1.55. The van der Waals surface area contributed by atoms with Gasteiger partial charge in [-0.3, -0.25) is 15.0 Å². The molecule has 0 radical (unpaired) electrons. The van der Waals surface area contributed by atoms with Gasteiger partial charge in [-0.2, -0.15) is 11.8 Å². The quantitative estimate of drug-likeness (QED) is 0.278. The molecule has 0 aromatic heterocycles. The van der Waals surface area contributed by atoms with Crippen LogP contribution in [0.2, 0.25) is 0 Å². The number of hydrogen-bond acceptors (Lipinski definition) is 6. The van der Waals surface area contributed by atoms with Gasteiger partial charge in [0, 0.05) is 23.3 Å². The topological polar surface area (TPSA) is 138 Å². The van der Waals surface area contributed by atoms with Crippen LogP contribution in [0.1, 0.15) is 72.6 Å². The van der Waals surface area contributed by atoms with Crippen molar-refractivity contribution in [2.24, 2.45) is 11.7 Å². The van der Waals surface area contributed by atoms with Crippen LogP contribution in [0.15, 0.2) is 0 Å². The Kier molecular flexibility index (Phi) is 10.3. The maximum atomic E-state index is 13.8. The summed E-state index contributed by atoms with van der Waals surface area (Å²) in [4.78, 5) is 40.9. The smallest absolute Gasteiger partial charge is 0.407 e. The van der Waals surface area contributed by atoms with Crippen LogP contribution < -0.4 is 16.4 Å². The van der Waals surface area contributed by atoms with E-state index in [-0.39, 0.29) is 42.8 Å². The van der Waals surface area contributed by atoms with Crippen molar-refractivity contribution in [3.8, 4) is 0 Å². The van der Waals surface area contributed by atoms with Crippen LogP contribution in [0, 0.1) is 11.3 Å². The first-order valence-corrected chi connectivity index (χ1v) is 13.1. The molecule has 2 aliphatic rings. The number of likely N-dealkylation sites (tertiary alicyclic amines) is 1. The first-order chi connectivity index (χ1) is 15.6. The zero-order valence-corrected chi connectivity index (χ0v) is 21.3. The predicted octanol–water partition coefficient (Wildman–Crippen LogP) is 2.62. The molecule has 1 saturated heterocycles. The van der Waals surface area contributed by atoms with E-state index in [1.54, 1.807) is 11.8 Å². The molecule has 0 aromatic carbocycles. The predicted molar refractivity (Wildman–Crippen MR) is 131 cm³/mol. The number of amides is 3. The van der Waals surface area contributed by atoms with Gasteiger partial charge >= 0.3 is 6.09 Å². The van der Waals surface area contributed by atoms with E-state index in [4.69, 9.17) is 15.9 Å². The van der Waals surface area contributed by atoms with E-state index in [1.807, 2.05) is 27.7 Å². The van der Waals surface area contributed by atoms with Gasteiger partial charge in [0.25, 0.3) is 0 Å². The lowest BCUT2D eigenvalue weighted by atomic mass is 9.95. The fraction of sp³-hybridized carbons (Fsp3) is 0.826. The van der Waals surface area contributed by atoms with Crippen LogP contribution in [0.5, 0.6) is 0 Å². The summed E-state index contributed by atoms with van der Waals surface area (Å²) in [6.07, 6.45) is 5.57. The molecule has 9 nitrogen and oxygen atoms in total. The third kappa shape index (κ3) is 7.52. The lowest BCUT2D eigenvalue weighted by molar-refractivity contribution is -0.140. The Morgan fingerprint density at radius 3 is 2.45 bits per heavy atom. The second-order valence-corrected chi connectivity index (χ2v) is 11.4. The molecule has 3 amide bonds. The average Bonchev–Trinajstić information content (AvgIpc) is 3.22. The molecule has 1 aliphatic carbocycles. The van der Waals surface area contributed by atoms with Gasteiger partial charge in [-0.05, 0) is 45.3 Å². The minimum Gasteiger partial charge on any atom is -0.450 e. The number of ether oxygens (including phenoxy) is 1. The number of carbonyl (C=O) groups excluding carboxylic acids is 3. The summed E-state index contributed by atoms with van der Waals surface area (Å²) in [6.45, 7) is 8.14. The van der Waals surface area contributed by atoms with Crippen LogP contribution in [0.4, 0.5) is 4.79 Å². The Balaban J connectivity index is 2.25. The molecular weight excluding hydrogens is 442 g/mol. The second kappa shape index (κ2) is 12.5. The highest BCUT2D eigenvalue weighted by atomic mass is 32.2. The second-order valence-electron chi connectivity index (χ2n) is 9.49. The molecule has 0 aromatic rings. The molecule has 3 atom stereocenters. The molecule has 2 fully saturated rings. The molecule has 0 spiro atoms. The minimum atomic E-state index is -0.887. The fourth-order valence-electron chi connectivity index (χ4n) is 4.61. The van der Waals surface area contributed by atoms with Crippen molar-refractivity contribution in [2.45, 2.75) is 95.5 Å². The number of nitrogens with zero attached hydrogens (tertiary/aromatic N) is 1. The molecule has 0 bridgehead atoms. The molecule has 33 heavy (non-hydrogen) atoms. The van der Waals surface area contributed by atoms with Crippen molar-refractivity contribution >= 4 is 35.5 Å². The van der Waals surface area contributed by atoms with E-state index in [0.29, 0.717) is 12.8 Å². The molecular formula is C23H41N5O4S. The number of alkyl carbamates (subject to hydrolysis) is 1. The van der Waals surface area contributed by atoms with Gasteiger partial charge in [0.15, 0.2) is 0 Å². The summed E-state index contributed by atoms with van der Waals surface area (Å²) in [6, 6.07) is -1.49. The van der Waals surface area contributed by atoms with Crippen LogP contribution in [0.3, 0.4) is 0 Å². The first kappa shape index (κ1) is 27.3. The number of amidine groups is 1. The molecule has 1 saturated carbocycles. The molecule has 1 heterocycles. The number of carbonyl (C=O) groups is 3. The summed E-state index contributed by atoms with van der Waals surface area (Å²) in [7, 11) is 0. The van der Waals surface area contributed by atoms with Gasteiger partial charge in [0.05, 0.1) is 12.4 Å². The minimum absolute atomic E-state index is 0.0326. The summed E-state index contributed by atoms with van der Waals surface area (Å²) < 4.78 is 4.55. The van der Waals surface area contributed by atoms with Crippen molar-refractivity contribution in [3.63, 3.8) is 0 Å². The molecule has 188 valence electrons. The van der Waals surface area contributed by atoms with E-state index in [1.165, 1.54) is 11.3 Å². The Labute approximate surface area is 201 Å². The average molecular weight is 484 g/mol. The highest BCUT2D eigenvalue weighted by Gasteiger charge is 2.47. The maximum Gasteiger partial charge on any atom is 0.407 e. The summed E-state index contributed by atoms with van der Waals surface area (Å²) in [5.41, 5.74) is 5.77. The largest absolute Gasteiger partial charge is 0.450 e. The highest BCUT2D eigenvalue weighted by Crippen LogP contribution is 2.32. The highest BCUT2D eigenvalue weighted by molar-refractivity contribution is 8.00. The van der Waals surface area contributed by atoms with Crippen molar-refractivity contribution in [1.82, 2.24) is 15.5 Å². The third-order valence-corrected chi connectivity index (χ3v) is 7.70. The van der Waals surface area contributed by atoms with Gasteiger partial charge in [0.1, 0.15) is 12.1 Å². The third-order valence-electron chi connectivity index (χ3n) is 6.44. The van der Waals surface area contributed by atoms with Crippen molar-refractivity contribution in [2.75, 3.05) is 18.9 Å². The summed E-state index contributed by atoms with van der Waals surface area (Å²) in [5, 5.41) is 13.8. The Morgan fingerprint density at radius 1 is 1.21 bits per heavy atom. The normalized spacial score (nSPS) is 22.5. The van der Waals surface area contributed by atoms with E-state index in [0.717, 1.165) is 31.4 Å². The zero-order chi connectivity index (χ0) is 24.6. The molecule has 0 unspecified atom stereocenters. The number of nitrogens with two attached hydrogens (primary N) is 1. The van der Waals surface area contributed by atoms with Crippen LogP contribution in [-0.4, -0.2) is 70.4 Å². The molecule has 1 aliphatic heterocycles. The maximum absolute atomic E-state index is 13.8. The standard InChI is InChI=1S/C23H41N5O4S/c1-5-12-32-22(31)27-18(23(3,4)33-6-2)21(30)28-14-15(19(24)25)13-17(28)20(29)26-16-10-8-7-9-11-16/h15-18H,5-14H2,1-4H3,(H3,24,25)(H,26,29)(H,27,31)/t15-,17+,18+/m1/s1. The van der Waals surface area contributed by atoms with Gasteiger partial charge in [-0.15, -0.1) is 0 Å². The number of rotatable bonds is 10. The molecule has 5 N–H and O–H groups in total. The lowest BCUT2D eigenvalue weighted by Gasteiger charge is -2.37. The zero-order valence-electron chi connectivity index (χ0n) is 20.4. The van der Waals surface area contributed by atoms with Gasteiger partial charge in [-0.1, -0.05) is 33.1 Å². The van der Waals surface area contributed by atoms with Crippen molar-refractivity contribution in [3.05, 3.63) is 0 Å². The lowest BCUT2D eigenvalue weighted by Crippen LogP contribution is -2.60. The Hall–Kier alpha value is -1.97. The van der Waals surface area contributed by atoms with Crippen LogP contribution in [0.25, 0.3) is 0 Å². The van der Waals surface area contributed by atoms with Gasteiger partial charge < -0.3 is 26.0 Å². The van der Waals surface area contributed by atoms with Gasteiger partial charge in [0.2, 0.25) is 11.8 Å². The van der Waals surface area contributed by atoms with E-state index < -0.39 is 22.9 Å². The van der Waals surface area contributed by atoms with Gasteiger partial charge in [-0.25, -0.2) is 4.79 Å². The van der Waals surface area contributed by atoms with E-state index >= 15 is 0 Å². The molecule has 10 heteroatoms. The van der Waals surface area contributed by atoms with E-state index in [2.05, 4.69) is 10.6 Å². The molecule has 2 rings (SSSR count). The first-order valence-electron chi connectivity index (χ1n) is 12.1. The number of thioether (sulfide) groups is 1. The van der Waals surface area contributed by atoms with Crippen LogP contribution in [-0.2, 0) is 14.3 Å². The van der Waals surface area contributed by atoms with E-state index in [9.17, 15) is 14.4 Å². The van der Waals surface area contributed by atoms with Crippen LogP contribution >= 0.6 is 11.8 Å². The van der Waals surface area contributed by atoms with Crippen molar-refractivity contribution < 1.29 is 19.1 Å². The SMILES string of the molecule is CCCOC(=O)N[C@@H](C(=O)N1C[C@H](C(=N)N)C[C@H]1C(=O)NC1CCCCC1)C(C)(C)SCC. The number of nitrogens with one attached hydrogen (secondary N) is 3. The Morgan fingerprint density at radius 2 is 1.88 bits per heavy atom. The summed E-state index contributed by atoms with van der Waals surface area (Å²) in [5.74, 6) is -0.209. The fourth-order valence-corrected chi connectivity index (χ4v) is 5.68. The monoisotopic (exact) mass is 483 g/mol. The Bertz CT molecular complexity index is 711.